The summed E-state index contributed by atoms with van der Waals surface area (Å²) in [6, 6.07) is 60.0. The van der Waals surface area contributed by atoms with Gasteiger partial charge in [-0.05, 0) is 68.4 Å². The van der Waals surface area contributed by atoms with Crippen molar-refractivity contribution in [3.63, 3.8) is 0 Å². The van der Waals surface area contributed by atoms with Gasteiger partial charge >= 0.3 is 0 Å². The summed E-state index contributed by atoms with van der Waals surface area (Å²) in [7, 11) is 0. The Morgan fingerprint density at radius 2 is 0.891 bits per heavy atom. The normalized spacial score (nSPS) is 11.1. The van der Waals surface area contributed by atoms with Crippen molar-refractivity contribution >= 4 is 21.8 Å². The molecule has 55 heavy (non-hydrogen) atoms. The van der Waals surface area contributed by atoms with Crippen LogP contribution >= 0.6 is 0 Å². The van der Waals surface area contributed by atoms with Gasteiger partial charge < -0.3 is 4.57 Å². The van der Waals surface area contributed by atoms with Crippen LogP contribution in [0.5, 0.6) is 0 Å². The van der Waals surface area contributed by atoms with E-state index in [1.807, 2.05) is 103 Å². The summed E-state index contributed by atoms with van der Waals surface area (Å²) < 4.78 is 2.31. The smallest absolute Gasteiger partial charge is 0.160 e. The number of aryl methyl sites for hydroxylation is 2. The molecule has 7 aromatic carbocycles. The number of benzene rings is 7. The molecule has 5 heteroatoms. The fourth-order valence-electron chi connectivity index (χ4n) is 7.62. The molecule has 0 saturated heterocycles. The molecule has 0 saturated carbocycles. The molecule has 0 fully saturated rings. The Morgan fingerprint density at radius 1 is 0.436 bits per heavy atom. The minimum absolute atomic E-state index is 0.547. The number of aromatic nitrogens is 3. The maximum atomic E-state index is 10.6. The molecule has 0 bridgehead atoms. The first-order chi connectivity index (χ1) is 27.0. The number of hydrogen-bond acceptors (Lipinski definition) is 4. The number of nitriles is 2. The Bertz CT molecular complexity index is 2820. The van der Waals surface area contributed by atoms with Crippen LogP contribution in [0, 0.1) is 36.5 Å². The molecule has 0 amide bonds. The Labute approximate surface area is 319 Å². The molecule has 9 aromatic rings. The van der Waals surface area contributed by atoms with Crippen LogP contribution in [0.4, 0.5) is 0 Å². The van der Waals surface area contributed by atoms with Crippen LogP contribution in [0.3, 0.4) is 0 Å². The van der Waals surface area contributed by atoms with Gasteiger partial charge in [-0.2, -0.15) is 10.5 Å². The molecule has 9 rings (SSSR count). The zero-order chi connectivity index (χ0) is 37.5. The van der Waals surface area contributed by atoms with Gasteiger partial charge in [-0.25, -0.2) is 9.97 Å². The van der Waals surface area contributed by atoms with E-state index in [4.69, 9.17) is 9.97 Å². The van der Waals surface area contributed by atoms with Gasteiger partial charge in [-0.15, -0.1) is 0 Å². The third-order valence-corrected chi connectivity index (χ3v) is 10.2. The van der Waals surface area contributed by atoms with Gasteiger partial charge in [0.2, 0.25) is 0 Å². The summed E-state index contributed by atoms with van der Waals surface area (Å²) in [5.41, 5.74) is 13.9. The summed E-state index contributed by atoms with van der Waals surface area (Å²) in [4.78, 5) is 10.3. The molecule has 0 atom stereocenters. The lowest BCUT2D eigenvalue weighted by atomic mass is 9.88. The lowest BCUT2D eigenvalue weighted by molar-refractivity contribution is 1.17. The minimum atomic E-state index is 0.547. The average molecular weight is 704 g/mol. The van der Waals surface area contributed by atoms with Crippen LogP contribution < -0.4 is 0 Å². The van der Waals surface area contributed by atoms with Crippen molar-refractivity contribution in [3.05, 3.63) is 186 Å². The summed E-state index contributed by atoms with van der Waals surface area (Å²) in [5, 5.41) is 23.4. The lowest BCUT2D eigenvalue weighted by Gasteiger charge is -2.22. The lowest BCUT2D eigenvalue weighted by Crippen LogP contribution is -2.04. The summed E-state index contributed by atoms with van der Waals surface area (Å²) in [5.74, 6) is 0.604. The predicted molar refractivity (Wildman–Crippen MR) is 222 cm³/mol. The van der Waals surface area contributed by atoms with Crippen molar-refractivity contribution in [3.8, 4) is 74.0 Å². The van der Waals surface area contributed by atoms with E-state index < -0.39 is 0 Å². The molecule has 0 radical (unpaired) electrons. The highest BCUT2D eigenvalue weighted by molar-refractivity contribution is 6.11. The van der Waals surface area contributed by atoms with Gasteiger partial charge in [0.25, 0.3) is 0 Å². The predicted octanol–water partition coefficient (Wildman–Crippen LogP) is 12.3. The molecule has 2 heterocycles. The van der Waals surface area contributed by atoms with Crippen molar-refractivity contribution in [2.45, 2.75) is 13.8 Å². The number of hydrogen-bond donors (Lipinski definition) is 0. The van der Waals surface area contributed by atoms with Crippen molar-refractivity contribution < 1.29 is 0 Å². The molecule has 0 aliphatic carbocycles. The van der Waals surface area contributed by atoms with E-state index in [0.29, 0.717) is 17.0 Å². The van der Waals surface area contributed by atoms with Gasteiger partial charge in [-0.3, -0.25) is 0 Å². The van der Waals surface area contributed by atoms with Crippen molar-refractivity contribution in [2.24, 2.45) is 0 Å². The second-order valence-corrected chi connectivity index (χ2v) is 13.8. The molecule has 0 N–H and O–H groups in total. The van der Waals surface area contributed by atoms with Crippen LogP contribution in [-0.4, -0.2) is 14.5 Å². The van der Waals surface area contributed by atoms with Crippen LogP contribution in [0.2, 0.25) is 0 Å². The van der Waals surface area contributed by atoms with E-state index in [1.165, 1.54) is 11.1 Å². The first-order valence-electron chi connectivity index (χ1n) is 18.2. The highest BCUT2D eigenvalue weighted by atomic mass is 15.0. The maximum Gasteiger partial charge on any atom is 0.160 e. The van der Waals surface area contributed by atoms with E-state index in [2.05, 4.69) is 91.2 Å². The molecule has 0 aliphatic rings. The second kappa shape index (κ2) is 13.7. The first kappa shape index (κ1) is 33.3. The second-order valence-electron chi connectivity index (χ2n) is 13.8. The molecule has 258 valence electrons. The number of rotatable bonds is 6. The third kappa shape index (κ3) is 5.91. The van der Waals surface area contributed by atoms with E-state index >= 15 is 0 Å². The van der Waals surface area contributed by atoms with E-state index in [0.717, 1.165) is 77.8 Å². The molecule has 0 aliphatic heterocycles. The summed E-state index contributed by atoms with van der Waals surface area (Å²) in [6.07, 6.45) is 0. The molecule has 0 spiro atoms. The first-order valence-corrected chi connectivity index (χ1v) is 18.2. The van der Waals surface area contributed by atoms with E-state index in [-0.39, 0.29) is 0 Å². The summed E-state index contributed by atoms with van der Waals surface area (Å²) >= 11 is 0. The van der Waals surface area contributed by atoms with Crippen LogP contribution in [-0.2, 0) is 0 Å². The molecular weight excluding hydrogens is 671 g/mol. The van der Waals surface area contributed by atoms with Crippen LogP contribution in [0.15, 0.2) is 164 Å². The standard InChI is InChI=1S/C50H33N5/c1-32-21-23-47-41(25-32)42-26-33(2)22-24-48(42)55(47)49-43(39-19-11-9-17-36(39)30-51)27-38(28-44(49)40-20-12-10-18-37(40)31-52)46-29-45(34-13-5-3-6-14-34)53-50(54-46)35-15-7-4-8-16-35/h3-29H,1-2H3. The van der Waals surface area contributed by atoms with Crippen LogP contribution in [0.25, 0.3) is 83.6 Å². The molecule has 5 nitrogen and oxygen atoms in total. The fourth-order valence-corrected chi connectivity index (χ4v) is 7.62. The molecule has 2 aromatic heterocycles. The summed E-state index contributed by atoms with van der Waals surface area (Å²) in [6.45, 7) is 4.23. The maximum absolute atomic E-state index is 10.6. The zero-order valence-corrected chi connectivity index (χ0v) is 30.3. The van der Waals surface area contributed by atoms with Gasteiger partial charge in [0.05, 0.1) is 51.4 Å². The van der Waals surface area contributed by atoms with Gasteiger partial charge in [0.1, 0.15) is 0 Å². The monoisotopic (exact) mass is 703 g/mol. The quantitative estimate of drug-likeness (QED) is 0.173. The average Bonchev–Trinajstić information content (AvgIpc) is 3.55. The van der Waals surface area contributed by atoms with Crippen molar-refractivity contribution in [1.29, 1.82) is 10.5 Å². The van der Waals surface area contributed by atoms with Gasteiger partial charge in [0, 0.05) is 49.7 Å². The Kier molecular flexibility index (Phi) is 8.31. The minimum Gasteiger partial charge on any atom is -0.308 e. The Morgan fingerprint density at radius 3 is 1.40 bits per heavy atom. The highest BCUT2D eigenvalue weighted by Crippen LogP contribution is 2.45. The van der Waals surface area contributed by atoms with Gasteiger partial charge in [-0.1, -0.05) is 120 Å². The fraction of sp³-hybridized carbons (Fsp3) is 0.0400. The van der Waals surface area contributed by atoms with Crippen LogP contribution in [0.1, 0.15) is 22.3 Å². The third-order valence-electron chi connectivity index (χ3n) is 10.2. The largest absolute Gasteiger partial charge is 0.308 e. The zero-order valence-electron chi connectivity index (χ0n) is 30.3. The van der Waals surface area contributed by atoms with E-state index in [1.54, 1.807) is 0 Å². The van der Waals surface area contributed by atoms with E-state index in [9.17, 15) is 10.5 Å². The Balaban J connectivity index is 1.46. The van der Waals surface area contributed by atoms with Gasteiger partial charge in [0.15, 0.2) is 5.82 Å². The molecular formula is C50H33N5. The number of nitrogens with zero attached hydrogens (tertiary/aromatic N) is 5. The molecule has 0 unspecified atom stereocenters. The topological polar surface area (TPSA) is 78.3 Å². The van der Waals surface area contributed by atoms with Crippen molar-refractivity contribution in [1.82, 2.24) is 14.5 Å². The number of fused-ring (bicyclic) bond motifs is 3. The highest BCUT2D eigenvalue weighted by Gasteiger charge is 2.25. The SMILES string of the molecule is Cc1ccc2c(c1)c1cc(C)ccc1n2-c1c(-c2ccccc2C#N)cc(-c2cc(-c3ccccc3)nc(-c3ccccc3)n2)cc1-c1ccccc1C#N. The Hall–Kier alpha value is -7.60. The van der Waals surface area contributed by atoms with Crippen molar-refractivity contribution in [2.75, 3.05) is 0 Å².